The summed E-state index contributed by atoms with van der Waals surface area (Å²) in [5, 5.41) is 0.170. The first-order valence-electron chi connectivity index (χ1n) is 8.73. The van der Waals surface area contributed by atoms with Crippen LogP contribution in [-0.2, 0) is 6.37 Å². The van der Waals surface area contributed by atoms with Crippen LogP contribution in [0.25, 0.3) is 10.9 Å². The minimum Gasteiger partial charge on any atom is -0.496 e. The van der Waals surface area contributed by atoms with Crippen molar-refractivity contribution in [3.63, 3.8) is 0 Å². The Hall–Kier alpha value is -1.48. The van der Waals surface area contributed by atoms with Crippen LogP contribution in [-0.4, -0.2) is 18.6 Å². The summed E-state index contributed by atoms with van der Waals surface area (Å²) in [6.07, 6.45) is -3.24. The fraction of sp³-hybridized carbons (Fsp3) is 0.385. The van der Waals surface area contributed by atoms with Crippen molar-refractivity contribution in [3.8, 4) is 5.75 Å². The Morgan fingerprint density at radius 3 is 3.12 bits per heavy atom. The number of aromatic amines is 1. The maximum atomic E-state index is 8.19. The number of hydrogen-bond acceptors (Lipinski definition) is 2. The number of fused-ring (bicyclic) bond motifs is 1. The molecule has 1 aromatic carbocycles. The predicted octanol–water partition coefficient (Wildman–Crippen LogP) is 2.29. The van der Waals surface area contributed by atoms with Crippen molar-refractivity contribution in [2.45, 2.75) is 20.2 Å². The Morgan fingerprint density at radius 2 is 2.44 bits per heavy atom. The van der Waals surface area contributed by atoms with Crippen LogP contribution < -0.4 is 10.5 Å². The van der Waals surface area contributed by atoms with Gasteiger partial charge in [-0.05, 0) is 43.9 Å². The molecular formula is C13H18N2O. The molecule has 1 aromatic heterocycles. The maximum absolute atomic E-state index is 8.19. The monoisotopic (exact) mass is 226 g/mol. The molecule has 0 saturated heterocycles. The van der Waals surface area contributed by atoms with E-state index in [-0.39, 0.29) is 28.2 Å². The first-order valence-corrected chi connectivity index (χ1v) is 4.84. The molecule has 0 bridgehead atoms. The molecule has 0 aliphatic carbocycles. The second-order valence-corrected chi connectivity index (χ2v) is 3.52. The number of rotatable bonds is 4. The molecule has 16 heavy (non-hydrogen) atoms. The van der Waals surface area contributed by atoms with E-state index in [1.54, 1.807) is 13.8 Å². The van der Waals surface area contributed by atoms with Crippen LogP contribution in [0.15, 0.2) is 12.2 Å². The average Bonchev–Trinajstić information content (AvgIpc) is 2.83. The highest BCUT2D eigenvalue weighted by molar-refractivity contribution is 5.89. The van der Waals surface area contributed by atoms with Crippen LogP contribution in [0.5, 0.6) is 5.75 Å². The van der Waals surface area contributed by atoms with Gasteiger partial charge >= 0.3 is 0 Å². The molecule has 3 nitrogen and oxygen atoms in total. The quantitative estimate of drug-likeness (QED) is 0.840. The van der Waals surface area contributed by atoms with Crippen LogP contribution in [0.1, 0.15) is 24.9 Å². The molecule has 2 aromatic rings. The van der Waals surface area contributed by atoms with Gasteiger partial charge in [0.15, 0.2) is 0 Å². The Balaban J connectivity index is 2.96. The van der Waals surface area contributed by atoms with E-state index in [0.29, 0.717) is 16.9 Å². The SMILES string of the molecule is [2H]c1[nH]c2c([2H])c(C)c(OC)c(C)c2c1C([2H])([2H])C([2H])([2H])N([2H])[2H]. The summed E-state index contributed by atoms with van der Waals surface area (Å²) in [6, 6.07) is 0.0252. The lowest BCUT2D eigenvalue weighted by molar-refractivity contribution is 0.409. The summed E-state index contributed by atoms with van der Waals surface area (Å²) in [7, 11) is 1.41. The third kappa shape index (κ3) is 1.57. The van der Waals surface area contributed by atoms with E-state index in [9.17, 15) is 0 Å². The second-order valence-electron chi connectivity index (χ2n) is 3.52. The minimum atomic E-state index is -3.01. The van der Waals surface area contributed by atoms with Gasteiger partial charge in [0, 0.05) is 28.1 Å². The predicted molar refractivity (Wildman–Crippen MR) is 67.1 cm³/mol. The second kappa shape index (κ2) is 4.18. The van der Waals surface area contributed by atoms with E-state index in [2.05, 4.69) is 4.98 Å². The van der Waals surface area contributed by atoms with Crippen molar-refractivity contribution in [2.24, 2.45) is 5.72 Å². The van der Waals surface area contributed by atoms with Gasteiger partial charge in [0.2, 0.25) is 0 Å². The Bertz CT molecular complexity index is 799. The smallest absolute Gasteiger partial charge is 0.125 e. The summed E-state index contributed by atoms with van der Waals surface area (Å²) in [5.41, 5.74) is 0.491. The molecule has 3 heteroatoms. The van der Waals surface area contributed by atoms with E-state index in [1.807, 2.05) is 0 Å². The molecule has 0 saturated carbocycles. The summed E-state index contributed by atoms with van der Waals surface area (Å²) in [6.45, 7) is 0.293. The van der Waals surface area contributed by atoms with Crippen LogP contribution in [0.3, 0.4) is 0 Å². The molecule has 0 fully saturated rings. The van der Waals surface area contributed by atoms with E-state index in [0.717, 1.165) is 0 Å². The van der Waals surface area contributed by atoms with Crippen LogP contribution >= 0.6 is 0 Å². The van der Waals surface area contributed by atoms with E-state index >= 15 is 0 Å². The number of nitrogens with one attached hydrogen (secondary N) is 1. The Morgan fingerprint density at radius 1 is 1.62 bits per heavy atom. The molecule has 1 heterocycles. The van der Waals surface area contributed by atoms with Crippen LogP contribution in [0.2, 0.25) is 2.82 Å². The molecule has 0 aliphatic heterocycles. The highest BCUT2D eigenvalue weighted by Gasteiger charge is 2.12. The van der Waals surface area contributed by atoms with Crippen molar-refractivity contribution in [3.05, 3.63) is 28.9 Å². The molecule has 0 radical (unpaired) electrons. The molecule has 0 atom stereocenters. The molecule has 0 spiro atoms. The number of aromatic nitrogens is 1. The van der Waals surface area contributed by atoms with Gasteiger partial charge in [0.25, 0.3) is 0 Å². The number of ether oxygens (including phenoxy) is 1. The summed E-state index contributed by atoms with van der Waals surface area (Å²) in [5.74, 6) is 0.359. The van der Waals surface area contributed by atoms with Gasteiger partial charge in [0.05, 0.1) is 9.85 Å². The zero-order valence-electron chi connectivity index (χ0n) is 17.4. The van der Waals surface area contributed by atoms with Crippen LogP contribution in [0, 0.1) is 13.8 Å². The lowest BCUT2D eigenvalue weighted by Crippen LogP contribution is -2.02. The lowest BCUT2D eigenvalue weighted by Gasteiger charge is -2.10. The zero-order valence-corrected chi connectivity index (χ0v) is 9.36. The zero-order chi connectivity index (χ0) is 18.6. The van der Waals surface area contributed by atoms with Gasteiger partial charge in [0.1, 0.15) is 8.57 Å². The normalized spacial score (nSPS) is 20.2. The molecule has 3 N–H and O–H groups in total. The number of methoxy groups -OCH3 is 1. The van der Waals surface area contributed by atoms with E-state index < -0.39 is 19.0 Å². The number of nitrogens with two attached hydrogens (primary N) is 1. The molecule has 0 unspecified atom stereocenters. The van der Waals surface area contributed by atoms with Crippen molar-refractivity contribution >= 4 is 10.9 Å². The number of H-pyrrole nitrogens is 1. The summed E-state index contributed by atoms with van der Waals surface area (Å²) >= 11 is 0. The fourth-order valence-electron chi connectivity index (χ4n) is 1.94. The molecular weight excluding hydrogens is 200 g/mol. The first kappa shape index (κ1) is 4.80. The first-order chi connectivity index (χ1) is 10.9. The standard InChI is InChI=1S/C13H18N2O/c1-8-6-11-12(9(2)13(8)16-3)10(4-5-14)7-15-11/h6-7,15H,4-5,14H2,1-3H3/i4D2,5D2,6D,7D/hD2. The largest absolute Gasteiger partial charge is 0.496 e. The van der Waals surface area contributed by atoms with Crippen molar-refractivity contribution < 1.29 is 15.8 Å². The average molecular weight is 226 g/mol. The van der Waals surface area contributed by atoms with E-state index in [4.69, 9.17) is 15.8 Å². The lowest BCUT2D eigenvalue weighted by atomic mass is 10.0. The summed E-state index contributed by atoms with van der Waals surface area (Å²) < 4.78 is 67.7. The van der Waals surface area contributed by atoms with Crippen molar-refractivity contribution in [1.29, 1.82) is 0 Å². The van der Waals surface area contributed by atoms with Gasteiger partial charge < -0.3 is 15.4 Å². The highest BCUT2D eigenvalue weighted by Crippen LogP contribution is 2.32. The van der Waals surface area contributed by atoms with Gasteiger partial charge in [-0.3, -0.25) is 0 Å². The van der Waals surface area contributed by atoms with Gasteiger partial charge in [-0.15, -0.1) is 0 Å². The molecule has 86 valence electrons. The Labute approximate surface area is 107 Å². The topological polar surface area (TPSA) is 51.0 Å². The maximum Gasteiger partial charge on any atom is 0.125 e. The van der Waals surface area contributed by atoms with E-state index in [1.165, 1.54) is 7.11 Å². The van der Waals surface area contributed by atoms with Crippen molar-refractivity contribution in [1.82, 2.24) is 4.98 Å². The van der Waals surface area contributed by atoms with Crippen LogP contribution in [0.4, 0.5) is 0 Å². The molecule has 0 amide bonds. The fourth-order valence-corrected chi connectivity index (χ4v) is 1.94. The Kier molecular flexibility index (Phi) is 1.25. The minimum absolute atomic E-state index is 0.0252. The molecule has 2 rings (SSSR count). The third-order valence-electron chi connectivity index (χ3n) is 2.57. The third-order valence-corrected chi connectivity index (χ3v) is 2.57. The summed E-state index contributed by atoms with van der Waals surface area (Å²) in [4.78, 5) is 2.62. The molecule has 0 aliphatic rings. The number of hydrogen-bond donors (Lipinski definition) is 2. The van der Waals surface area contributed by atoms with Gasteiger partial charge in [-0.1, -0.05) is 0 Å². The number of aryl methyl sites for hydroxylation is 2. The van der Waals surface area contributed by atoms with Crippen molar-refractivity contribution in [2.75, 3.05) is 13.6 Å². The van der Waals surface area contributed by atoms with Gasteiger partial charge in [-0.25, -0.2) is 0 Å². The van der Waals surface area contributed by atoms with Gasteiger partial charge in [-0.2, -0.15) is 0 Å². The highest BCUT2D eigenvalue weighted by atomic mass is 16.5. The number of benzene rings is 1.